The summed E-state index contributed by atoms with van der Waals surface area (Å²) in [5, 5.41) is 0. The molecule has 2 atom stereocenters. The highest BCUT2D eigenvalue weighted by Gasteiger charge is 2.65. The quantitative estimate of drug-likeness (QED) is 0.632. The predicted octanol–water partition coefficient (Wildman–Crippen LogP) is 2.41. The van der Waals surface area contributed by atoms with Gasteiger partial charge in [0.05, 0.1) is 12.8 Å². The average molecular weight is 316 g/mol. The Bertz CT molecular complexity index is 602. The fourth-order valence-electron chi connectivity index (χ4n) is 3.96. The van der Waals surface area contributed by atoms with Crippen LogP contribution in [0.1, 0.15) is 33.6 Å². The van der Waals surface area contributed by atoms with Crippen molar-refractivity contribution < 1.29 is 14.3 Å². The van der Waals surface area contributed by atoms with Crippen LogP contribution in [0.25, 0.3) is 0 Å². The molecule has 0 radical (unpaired) electrons. The molecule has 0 aromatic heterocycles. The first-order chi connectivity index (χ1) is 11.0. The van der Waals surface area contributed by atoms with E-state index in [0.29, 0.717) is 13.0 Å². The van der Waals surface area contributed by atoms with E-state index >= 15 is 0 Å². The number of hydrogen-bond donors (Lipinski definition) is 0. The minimum Gasteiger partial charge on any atom is -0.464 e. The van der Waals surface area contributed by atoms with Crippen molar-refractivity contribution in [2.45, 2.75) is 45.3 Å². The van der Waals surface area contributed by atoms with E-state index in [1.807, 2.05) is 30.3 Å². The Balaban J connectivity index is 2.08. The molecule has 0 N–H and O–H groups in total. The third kappa shape index (κ3) is 2.26. The number of esters is 1. The van der Waals surface area contributed by atoms with Gasteiger partial charge in [-0.3, -0.25) is 14.6 Å². The summed E-state index contributed by atoms with van der Waals surface area (Å²) in [6, 6.07) is 9.61. The second kappa shape index (κ2) is 5.96. The van der Waals surface area contributed by atoms with E-state index in [-0.39, 0.29) is 18.0 Å². The van der Waals surface area contributed by atoms with E-state index in [4.69, 9.17) is 4.74 Å². The normalized spacial score (nSPS) is 27.6. The number of fused-ring (bicyclic) bond motifs is 1. The van der Waals surface area contributed by atoms with Gasteiger partial charge in [0.1, 0.15) is 0 Å². The molecule has 5 heteroatoms. The number of para-hydroxylation sites is 1. The Kier molecular flexibility index (Phi) is 4.15. The average Bonchev–Trinajstić information content (AvgIpc) is 3.06. The summed E-state index contributed by atoms with van der Waals surface area (Å²) in [7, 11) is 0. The fourth-order valence-corrected chi connectivity index (χ4v) is 3.96. The SMILES string of the molecule is CCOC(=O)[C@@]12CCCN1[C@@H](C(C)C)N(c1ccccc1)C2=O. The van der Waals surface area contributed by atoms with Crippen LogP contribution < -0.4 is 4.90 Å². The lowest BCUT2D eigenvalue weighted by molar-refractivity contribution is -0.158. The van der Waals surface area contributed by atoms with Crippen molar-refractivity contribution in [3.63, 3.8) is 0 Å². The highest BCUT2D eigenvalue weighted by molar-refractivity contribution is 6.16. The molecule has 0 bridgehead atoms. The predicted molar refractivity (Wildman–Crippen MR) is 87.9 cm³/mol. The number of nitrogens with zero attached hydrogens (tertiary/aromatic N) is 2. The summed E-state index contributed by atoms with van der Waals surface area (Å²) in [5.41, 5.74) is -0.296. The third-order valence-electron chi connectivity index (χ3n) is 4.83. The van der Waals surface area contributed by atoms with E-state index in [2.05, 4.69) is 18.7 Å². The molecule has 23 heavy (non-hydrogen) atoms. The van der Waals surface area contributed by atoms with Gasteiger partial charge in [0, 0.05) is 12.2 Å². The topological polar surface area (TPSA) is 49.9 Å². The van der Waals surface area contributed by atoms with Crippen LogP contribution in [0.15, 0.2) is 30.3 Å². The summed E-state index contributed by atoms with van der Waals surface area (Å²) >= 11 is 0. The molecule has 5 nitrogen and oxygen atoms in total. The minimum absolute atomic E-state index is 0.114. The first kappa shape index (κ1) is 16.0. The van der Waals surface area contributed by atoms with Crippen molar-refractivity contribution in [3.05, 3.63) is 30.3 Å². The van der Waals surface area contributed by atoms with Crippen LogP contribution in [0.2, 0.25) is 0 Å². The zero-order valence-corrected chi connectivity index (χ0v) is 14.0. The van der Waals surface area contributed by atoms with Gasteiger partial charge >= 0.3 is 5.97 Å². The molecule has 2 heterocycles. The molecular formula is C18H24N2O3. The van der Waals surface area contributed by atoms with E-state index < -0.39 is 11.5 Å². The number of amides is 1. The van der Waals surface area contributed by atoms with Crippen LogP contribution in [0, 0.1) is 5.92 Å². The number of carbonyl (C=O) groups is 2. The molecule has 2 aliphatic rings. The van der Waals surface area contributed by atoms with Gasteiger partial charge in [0.15, 0.2) is 0 Å². The van der Waals surface area contributed by atoms with Gasteiger partial charge in [0.25, 0.3) is 5.91 Å². The molecule has 0 spiro atoms. The zero-order chi connectivity index (χ0) is 16.6. The standard InChI is InChI=1S/C18H24N2O3/c1-4-23-17(22)18-11-8-12-19(18)15(13(2)3)20(16(18)21)14-9-6-5-7-10-14/h5-7,9-10,13,15H,4,8,11-12H2,1-3H3/t15-,18+/m1/s1. The van der Waals surface area contributed by atoms with Gasteiger partial charge in [-0.15, -0.1) is 0 Å². The second-order valence-electron chi connectivity index (χ2n) is 6.55. The number of ether oxygens (including phenoxy) is 1. The summed E-state index contributed by atoms with van der Waals surface area (Å²) in [5.74, 6) is -0.321. The number of carbonyl (C=O) groups excluding carboxylic acids is 2. The number of rotatable bonds is 4. The molecule has 124 valence electrons. The van der Waals surface area contributed by atoms with Crippen molar-refractivity contribution in [2.75, 3.05) is 18.1 Å². The van der Waals surface area contributed by atoms with Gasteiger partial charge in [-0.25, -0.2) is 4.79 Å². The largest absolute Gasteiger partial charge is 0.464 e. The smallest absolute Gasteiger partial charge is 0.336 e. The Labute approximate surface area is 137 Å². The van der Waals surface area contributed by atoms with Gasteiger partial charge in [0.2, 0.25) is 5.54 Å². The molecule has 1 aromatic carbocycles. The minimum atomic E-state index is -1.14. The molecular weight excluding hydrogens is 292 g/mol. The van der Waals surface area contributed by atoms with Crippen LogP contribution in [-0.2, 0) is 14.3 Å². The summed E-state index contributed by atoms with van der Waals surface area (Å²) < 4.78 is 5.29. The van der Waals surface area contributed by atoms with Crippen molar-refractivity contribution in [1.29, 1.82) is 0 Å². The number of hydrogen-bond acceptors (Lipinski definition) is 4. The molecule has 2 saturated heterocycles. The van der Waals surface area contributed by atoms with Crippen LogP contribution in [-0.4, -0.2) is 41.6 Å². The van der Waals surface area contributed by atoms with Crippen LogP contribution in [0.5, 0.6) is 0 Å². The summed E-state index contributed by atoms with van der Waals surface area (Å²) in [6.45, 7) is 7.00. The van der Waals surface area contributed by atoms with Gasteiger partial charge in [-0.1, -0.05) is 32.0 Å². The van der Waals surface area contributed by atoms with Crippen molar-refractivity contribution in [2.24, 2.45) is 5.92 Å². The molecule has 1 aromatic rings. The van der Waals surface area contributed by atoms with Crippen molar-refractivity contribution >= 4 is 17.6 Å². The van der Waals surface area contributed by atoms with E-state index in [1.165, 1.54) is 0 Å². The summed E-state index contributed by atoms with van der Waals surface area (Å²) in [6.07, 6.45) is 1.27. The summed E-state index contributed by atoms with van der Waals surface area (Å²) in [4.78, 5) is 29.9. The third-order valence-corrected chi connectivity index (χ3v) is 4.83. The van der Waals surface area contributed by atoms with Crippen LogP contribution >= 0.6 is 0 Å². The van der Waals surface area contributed by atoms with Gasteiger partial charge in [-0.05, 0) is 37.8 Å². The maximum absolute atomic E-state index is 13.3. The van der Waals surface area contributed by atoms with Gasteiger partial charge in [-0.2, -0.15) is 0 Å². The highest BCUT2D eigenvalue weighted by atomic mass is 16.5. The molecule has 1 amide bonds. The lowest BCUT2D eigenvalue weighted by Gasteiger charge is -2.33. The van der Waals surface area contributed by atoms with E-state index in [0.717, 1.165) is 18.7 Å². The monoisotopic (exact) mass is 316 g/mol. The number of anilines is 1. The Morgan fingerprint density at radius 2 is 2.04 bits per heavy atom. The maximum atomic E-state index is 13.3. The lowest BCUT2D eigenvalue weighted by atomic mass is 9.96. The highest BCUT2D eigenvalue weighted by Crippen LogP contribution is 2.44. The molecule has 0 aliphatic carbocycles. The molecule has 2 aliphatic heterocycles. The van der Waals surface area contributed by atoms with Crippen molar-refractivity contribution in [3.8, 4) is 0 Å². The molecule has 0 saturated carbocycles. The fraction of sp³-hybridized carbons (Fsp3) is 0.556. The van der Waals surface area contributed by atoms with Crippen LogP contribution in [0.3, 0.4) is 0 Å². The van der Waals surface area contributed by atoms with Crippen LogP contribution in [0.4, 0.5) is 5.69 Å². The van der Waals surface area contributed by atoms with Crippen molar-refractivity contribution in [1.82, 2.24) is 4.90 Å². The molecule has 3 rings (SSSR count). The second-order valence-corrected chi connectivity index (χ2v) is 6.55. The lowest BCUT2D eigenvalue weighted by Crippen LogP contribution is -2.53. The Morgan fingerprint density at radius 1 is 1.35 bits per heavy atom. The first-order valence-electron chi connectivity index (χ1n) is 8.36. The Morgan fingerprint density at radius 3 is 2.65 bits per heavy atom. The zero-order valence-electron chi connectivity index (χ0n) is 14.0. The first-order valence-corrected chi connectivity index (χ1v) is 8.36. The maximum Gasteiger partial charge on any atom is 0.336 e. The molecule has 0 unspecified atom stereocenters. The Hall–Kier alpha value is -1.88. The van der Waals surface area contributed by atoms with E-state index in [1.54, 1.807) is 11.8 Å². The number of benzene rings is 1. The van der Waals surface area contributed by atoms with Gasteiger partial charge < -0.3 is 4.74 Å². The molecule has 2 fully saturated rings. The van der Waals surface area contributed by atoms with E-state index in [9.17, 15) is 9.59 Å².